The number of aromatic nitrogens is 2. The Labute approximate surface area is 168 Å². The lowest BCUT2D eigenvalue weighted by Gasteiger charge is -2.17. The van der Waals surface area contributed by atoms with E-state index in [2.05, 4.69) is 15.3 Å². The van der Waals surface area contributed by atoms with Crippen LogP contribution in [-0.2, 0) is 0 Å². The van der Waals surface area contributed by atoms with Gasteiger partial charge in [-0.1, -0.05) is 18.2 Å². The summed E-state index contributed by atoms with van der Waals surface area (Å²) >= 11 is 0. The van der Waals surface area contributed by atoms with E-state index < -0.39 is 4.92 Å². The number of rotatable bonds is 7. The summed E-state index contributed by atoms with van der Waals surface area (Å²) in [6.07, 6.45) is 0. The Balaban J connectivity index is 1.98. The standard InChI is InChI=1S/C21H22N4O4/c1-13(15-7-5-8-16(11-15)28-3)22-20-12-18(23-14(2)24-20)17-9-6-10-19(29-4)21(17)25(26)27/h5-13H,1-4H3,(H,22,23,24). The first-order valence-electron chi connectivity index (χ1n) is 9.01. The fraction of sp³-hybridized carbons (Fsp3) is 0.238. The summed E-state index contributed by atoms with van der Waals surface area (Å²) < 4.78 is 10.4. The molecule has 29 heavy (non-hydrogen) atoms. The lowest BCUT2D eigenvalue weighted by Crippen LogP contribution is -2.09. The fourth-order valence-electron chi connectivity index (χ4n) is 3.08. The van der Waals surface area contributed by atoms with E-state index in [0.29, 0.717) is 22.9 Å². The third kappa shape index (κ3) is 4.43. The summed E-state index contributed by atoms with van der Waals surface area (Å²) in [4.78, 5) is 20.0. The van der Waals surface area contributed by atoms with Crippen molar-refractivity contribution in [2.24, 2.45) is 0 Å². The lowest BCUT2D eigenvalue weighted by atomic mass is 10.1. The van der Waals surface area contributed by atoms with Gasteiger partial charge in [0.1, 0.15) is 17.4 Å². The van der Waals surface area contributed by atoms with Crippen molar-refractivity contribution in [3.63, 3.8) is 0 Å². The van der Waals surface area contributed by atoms with E-state index in [9.17, 15) is 10.1 Å². The van der Waals surface area contributed by atoms with Gasteiger partial charge in [-0.05, 0) is 43.7 Å². The van der Waals surface area contributed by atoms with Crippen LogP contribution in [-0.4, -0.2) is 29.1 Å². The molecular formula is C21H22N4O4. The Hall–Kier alpha value is -3.68. The second-order valence-electron chi connectivity index (χ2n) is 6.44. The number of para-hydroxylation sites is 1. The van der Waals surface area contributed by atoms with Crippen molar-refractivity contribution in [3.05, 3.63) is 70.0 Å². The van der Waals surface area contributed by atoms with E-state index >= 15 is 0 Å². The molecule has 0 saturated carbocycles. The molecule has 1 N–H and O–H groups in total. The predicted molar refractivity (Wildman–Crippen MR) is 110 cm³/mol. The number of nitro benzene ring substituents is 1. The number of nitro groups is 1. The van der Waals surface area contributed by atoms with Gasteiger partial charge >= 0.3 is 5.69 Å². The fourth-order valence-corrected chi connectivity index (χ4v) is 3.08. The van der Waals surface area contributed by atoms with Gasteiger partial charge in [-0.2, -0.15) is 0 Å². The minimum atomic E-state index is -0.461. The Kier molecular flexibility index (Phi) is 5.92. The molecule has 1 aromatic heterocycles. The third-order valence-corrected chi connectivity index (χ3v) is 4.47. The second kappa shape index (κ2) is 8.55. The molecule has 0 spiro atoms. The van der Waals surface area contributed by atoms with E-state index in [4.69, 9.17) is 9.47 Å². The summed E-state index contributed by atoms with van der Waals surface area (Å²) in [5.74, 6) is 2.02. The van der Waals surface area contributed by atoms with Crippen LogP contribution in [0.1, 0.15) is 24.4 Å². The van der Waals surface area contributed by atoms with E-state index in [0.717, 1.165) is 11.3 Å². The highest BCUT2D eigenvalue weighted by molar-refractivity contribution is 5.76. The molecule has 3 aromatic rings. The summed E-state index contributed by atoms with van der Waals surface area (Å²) in [6, 6.07) is 14.3. The average Bonchev–Trinajstić information content (AvgIpc) is 2.72. The van der Waals surface area contributed by atoms with E-state index in [1.165, 1.54) is 7.11 Å². The molecule has 0 radical (unpaired) electrons. The molecule has 0 fully saturated rings. The number of methoxy groups -OCH3 is 2. The largest absolute Gasteiger partial charge is 0.497 e. The van der Waals surface area contributed by atoms with Crippen molar-refractivity contribution >= 4 is 11.5 Å². The number of nitrogens with one attached hydrogen (secondary N) is 1. The van der Waals surface area contributed by atoms with Gasteiger partial charge < -0.3 is 14.8 Å². The minimum absolute atomic E-state index is 0.0625. The molecule has 150 valence electrons. The van der Waals surface area contributed by atoms with Crippen molar-refractivity contribution in [3.8, 4) is 22.8 Å². The van der Waals surface area contributed by atoms with E-state index in [1.54, 1.807) is 38.3 Å². The molecule has 1 unspecified atom stereocenters. The first-order valence-corrected chi connectivity index (χ1v) is 9.01. The van der Waals surface area contributed by atoms with Crippen molar-refractivity contribution in [2.75, 3.05) is 19.5 Å². The smallest absolute Gasteiger partial charge is 0.320 e. The highest BCUT2D eigenvalue weighted by Gasteiger charge is 2.23. The number of ether oxygens (including phenoxy) is 2. The van der Waals surface area contributed by atoms with Gasteiger partial charge in [0.25, 0.3) is 0 Å². The average molecular weight is 394 g/mol. The van der Waals surface area contributed by atoms with E-state index in [-0.39, 0.29) is 17.5 Å². The number of benzene rings is 2. The molecule has 3 rings (SSSR count). The molecule has 8 heteroatoms. The molecule has 0 aliphatic carbocycles. The molecule has 0 saturated heterocycles. The van der Waals surface area contributed by atoms with Gasteiger partial charge in [0, 0.05) is 6.07 Å². The normalized spacial score (nSPS) is 11.6. The maximum Gasteiger partial charge on any atom is 0.320 e. The Morgan fingerprint density at radius 1 is 1.07 bits per heavy atom. The van der Waals surface area contributed by atoms with Crippen LogP contribution in [0, 0.1) is 17.0 Å². The number of nitrogens with zero attached hydrogens (tertiary/aromatic N) is 3. The van der Waals surface area contributed by atoms with Gasteiger partial charge in [-0.25, -0.2) is 9.97 Å². The van der Waals surface area contributed by atoms with Crippen LogP contribution >= 0.6 is 0 Å². The first-order chi connectivity index (χ1) is 13.9. The van der Waals surface area contributed by atoms with Crippen LogP contribution in [0.5, 0.6) is 11.5 Å². The summed E-state index contributed by atoms with van der Waals surface area (Å²) in [5, 5.41) is 15.0. The number of aryl methyl sites for hydroxylation is 1. The zero-order valence-corrected chi connectivity index (χ0v) is 16.7. The highest BCUT2D eigenvalue weighted by Crippen LogP contribution is 2.37. The van der Waals surface area contributed by atoms with Crippen molar-refractivity contribution in [2.45, 2.75) is 19.9 Å². The van der Waals surface area contributed by atoms with Gasteiger partial charge in [0.15, 0.2) is 5.75 Å². The first kappa shape index (κ1) is 20.1. The van der Waals surface area contributed by atoms with E-state index in [1.807, 2.05) is 31.2 Å². The van der Waals surface area contributed by atoms with Gasteiger partial charge in [-0.3, -0.25) is 10.1 Å². The van der Waals surface area contributed by atoms with Crippen molar-refractivity contribution in [1.29, 1.82) is 0 Å². The number of hydrogen-bond donors (Lipinski definition) is 1. The topological polar surface area (TPSA) is 99.4 Å². The van der Waals surface area contributed by atoms with Gasteiger partial charge in [0.2, 0.25) is 0 Å². The summed E-state index contributed by atoms with van der Waals surface area (Å²) in [7, 11) is 3.03. The van der Waals surface area contributed by atoms with Gasteiger partial charge in [-0.15, -0.1) is 0 Å². The Bertz CT molecular complexity index is 1040. The van der Waals surface area contributed by atoms with Gasteiger partial charge in [0.05, 0.1) is 36.4 Å². The monoisotopic (exact) mass is 394 g/mol. The van der Waals surface area contributed by atoms with Crippen LogP contribution in [0.15, 0.2) is 48.5 Å². The van der Waals surface area contributed by atoms with Crippen molar-refractivity contribution < 1.29 is 14.4 Å². The Morgan fingerprint density at radius 2 is 1.83 bits per heavy atom. The third-order valence-electron chi connectivity index (χ3n) is 4.47. The highest BCUT2D eigenvalue weighted by atomic mass is 16.6. The van der Waals surface area contributed by atoms with Crippen LogP contribution in [0.3, 0.4) is 0 Å². The molecule has 0 bridgehead atoms. The van der Waals surface area contributed by atoms with Crippen LogP contribution in [0.2, 0.25) is 0 Å². The minimum Gasteiger partial charge on any atom is -0.497 e. The number of anilines is 1. The van der Waals surface area contributed by atoms with Crippen LogP contribution in [0.25, 0.3) is 11.3 Å². The number of hydrogen-bond acceptors (Lipinski definition) is 7. The molecule has 1 atom stereocenters. The molecular weight excluding hydrogens is 372 g/mol. The lowest BCUT2D eigenvalue weighted by molar-refractivity contribution is -0.385. The Morgan fingerprint density at radius 3 is 2.52 bits per heavy atom. The maximum atomic E-state index is 11.6. The van der Waals surface area contributed by atoms with Crippen LogP contribution in [0.4, 0.5) is 11.5 Å². The molecule has 8 nitrogen and oxygen atoms in total. The zero-order valence-electron chi connectivity index (χ0n) is 16.7. The molecule has 0 aliphatic heterocycles. The SMILES string of the molecule is COc1cccc(C(C)Nc2cc(-c3cccc(OC)c3[N+](=O)[O-])nc(C)n2)c1. The summed E-state index contributed by atoms with van der Waals surface area (Å²) in [6.45, 7) is 3.75. The molecule has 0 amide bonds. The molecule has 1 heterocycles. The summed E-state index contributed by atoms with van der Waals surface area (Å²) in [5.41, 5.74) is 1.72. The molecule has 2 aromatic carbocycles. The zero-order chi connectivity index (χ0) is 21.0. The predicted octanol–water partition coefficient (Wildman–Crippen LogP) is 4.55. The van der Waals surface area contributed by atoms with Crippen LogP contribution < -0.4 is 14.8 Å². The van der Waals surface area contributed by atoms with Crippen molar-refractivity contribution in [1.82, 2.24) is 9.97 Å². The second-order valence-corrected chi connectivity index (χ2v) is 6.44. The quantitative estimate of drug-likeness (QED) is 0.463. The maximum absolute atomic E-state index is 11.6. The molecule has 0 aliphatic rings.